The van der Waals surface area contributed by atoms with E-state index in [0.717, 1.165) is 17.4 Å². The second-order valence-corrected chi connectivity index (χ2v) is 5.62. The molecule has 17 heavy (non-hydrogen) atoms. The van der Waals surface area contributed by atoms with Gasteiger partial charge in [0.25, 0.3) is 0 Å². The molecule has 3 rings (SSSR count). The van der Waals surface area contributed by atoms with E-state index in [2.05, 4.69) is 17.0 Å². The first kappa shape index (κ1) is 11.1. The molecule has 1 aromatic carbocycles. The summed E-state index contributed by atoms with van der Waals surface area (Å²) in [5.74, 6) is 1.87. The van der Waals surface area contributed by atoms with Gasteiger partial charge in [0.1, 0.15) is 0 Å². The molecule has 3 atom stereocenters. The van der Waals surface area contributed by atoms with Gasteiger partial charge in [-0.25, -0.2) is 0 Å². The Labute approximate surface area is 103 Å². The fraction of sp³-hybridized carbons (Fsp3) is 0.600. The summed E-state index contributed by atoms with van der Waals surface area (Å²) in [6.07, 6.45) is 3.92. The van der Waals surface area contributed by atoms with Crippen molar-refractivity contribution in [2.45, 2.75) is 32.3 Å². The quantitative estimate of drug-likeness (QED) is 0.846. The van der Waals surface area contributed by atoms with Gasteiger partial charge in [-0.1, -0.05) is 18.6 Å². The van der Waals surface area contributed by atoms with Crippen LogP contribution in [0.25, 0.3) is 0 Å². The molecular weight excluding hydrogens is 210 g/mol. The van der Waals surface area contributed by atoms with Crippen molar-refractivity contribution in [3.8, 4) is 0 Å². The second kappa shape index (κ2) is 4.34. The monoisotopic (exact) mass is 231 g/mol. The minimum Gasteiger partial charge on any atom is -0.389 e. The molecule has 2 fully saturated rings. The molecule has 1 heterocycles. The average Bonchev–Trinajstić information content (AvgIpc) is 2.89. The third-order valence-corrected chi connectivity index (χ3v) is 4.47. The Bertz CT molecular complexity index is 372. The highest BCUT2D eigenvalue weighted by molar-refractivity contribution is 5.49. The third-order valence-electron chi connectivity index (χ3n) is 4.47. The third kappa shape index (κ3) is 2.06. The highest BCUT2D eigenvalue weighted by Gasteiger charge is 2.35. The van der Waals surface area contributed by atoms with Gasteiger partial charge in [-0.15, -0.1) is 0 Å². The van der Waals surface area contributed by atoms with Crippen molar-refractivity contribution < 1.29 is 5.11 Å². The molecule has 0 aromatic heterocycles. The van der Waals surface area contributed by atoms with Crippen LogP contribution in [0.2, 0.25) is 0 Å². The number of aliphatic hydroxyl groups excluding tert-OH is 1. The van der Waals surface area contributed by atoms with Crippen LogP contribution in [-0.2, 0) is 0 Å². The second-order valence-electron chi connectivity index (χ2n) is 5.62. The van der Waals surface area contributed by atoms with E-state index in [1.54, 1.807) is 0 Å². The Hall–Kier alpha value is -1.02. The van der Waals surface area contributed by atoms with Gasteiger partial charge in [0.05, 0.1) is 6.10 Å². The summed E-state index contributed by atoms with van der Waals surface area (Å²) in [5.41, 5.74) is 2.33. The molecule has 1 aliphatic heterocycles. The van der Waals surface area contributed by atoms with Gasteiger partial charge < -0.3 is 10.0 Å². The molecule has 1 aromatic rings. The van der Waals surface area contributed by atoms with Gasteiger partial charge in [-0.3, -0.25) is 0 Å². The van der Waals surface area contributed by atoms with Crippen molar-refractivity contribution >= 4 is 5.69 Å². The standard InChI is InChI=1S/C15H21NO/c1-11(17)12-5-7-15(8-6-12)16-9-13-3-2-4-14(13)10-16/h5-8,11,13-14,17H,2-4,9-10H2,1H3/t11-,13?,14?/m1/s1. The van der Waals surface area contributed by atoms with Gasteiger partial charge in [0, 0.05) is 18.8 Å². The van der Waals surface area contributed by atoms with Crippen LogP contribution in [0, 0.1) is 11.8 Å². The zero-order valence-electron chi connectivity index (χ0n) is 10.5. The Balaban J connectivity index is 1.73. The maximum atomic E-state index is 9.50. The fourth-order valence-electron chi connectivity index (χ4n) is 3.41. The molecule has 0 amide bonds. The van der Waals surface area contributed by atoms with Crippen molar-refractivity contribution in [2.75, 3.05) is 18.0 Å². The van der Waals surface area contributed by atoms with E-state index in [-0.39, 0.29) is 6.10 Å². The lowest BCUT2D eigenvalue weighted by Gasteiger charge is -2.20. The minimum absolute atomic E-state index is 0.359. The fourth-order valence-corrected chi connectivity index (χ4v) is 3.41. The smallest absolute Gasteiger partial charge is 0.0761 e. The van der Waals surface area contributed by atoms with E-state index >= 15 is 0 Å². The number of fused-ring (bicyclic) bond motifs is 1. The van der Waals surface area contributed by atoms with E-state index < -0.39 is 0 Å². The van der Waals surface area contributed by atoms with Crippen LogP contribution in [0.5, 0.6) is 0 Å². The first-order valence-corrected chi connectivity index (χ1v) is 6.77. The number of aliphatic hydroxyl groups is 1. The Morgan fingerprint density at radius 2 is 1.71 bits per heavy atom. The molecule has 0 bridgehead atoms. The average molecular weight is 231 g/mol. The number of rotatable bonds is 2. The lowest BCUT2D eigenvalue weighted by Crippen LogP contribution is -2.20. The highest BCUT2D eigenvalue weighted by Crippen LogP contribution is 2.39. The molecule has 1 aliphatic carbocycles. The predicted octanol–water partition coefficient (Wildman–Crippen LogP) is 2.98. The van der Waals surface area contributed by atoms with Gasteiger partial charge in [-0.05, 0) is 49.3 Å². The van der Waals surface area contributed by atoms with E-state index in [0.29, 0.717) is 0 Å². The molecule has 92 valence electrons. The van der Waals surface area contributed by atoms with E-state index in [9.17, 15) is 5.11 Å². The molecule has 2 aliphatic rings. The Morgan fingerprint density at radius 3 is 2.24 bits per heavy atom. The Morgan fingerprint density at radius 1 is 1.12 bits per heavy atom. The van der Waals surface area contributed by atoms with Crippen molar-refractivity contribution in [1.82, 2.24) is 0 Å². The molecule has 2 nitrogen and oxygen atoms in total. The summed E-state index contributed by atoms with van der Waals surface area (Å²) < 4.78 is 0. The summed E-state index contributed by atoms with van der Waals surface area (Å²) in [6, 6.07) is 8.41. The summed E-state index contributed by atoms with van der Waals surface area (Å²) in [6.45, 7) is 4.28. The summed E-state index contributed by atoms with van der Waals surface area (Å²) >= 11 is 0. The topological polar surface area (TPSA) is 23.5 Å². The number of hydrogen-bond acceptors (Lipinski definition) is 2. The SMILES string of the molecule is C[C@@H](O)c1ccc(N2CC3CCCC3C2)cc1. The number of anilines is 1. The summed E-state index contributed by atoms with van der Waals surface area (Å²) in [5, 5.41) is 9.50. The maximum Gasteiger partial charge on any atom is 0.0761 e. The molecule has 0 spiro atoms. The zero-order chi connectivity index (χ0) is 11.8. The lowest BCUT2D eigenvalue weighted by atomic mass is 10.0. The van der Waals surface area contributed by atoms with Crippen molar-refractivity contribution in [2.24, 2.45) is 11.8 Å². The van der Waals surface area contributed by atoms with Crippen molar-refractivity contribution in [3.63, 3.8) is 0 Å². The molecule has 0 radical (unpaired) electrons. The van der Waals surface area contributed by atoms with Crippen LogP contribution >= 0.6 is 0 Å². The minimum atomic E-state index is -0.359. The molecule has 1 saturated heterocycles. The first-order valence-electron chi connectivity index (χ1n) is 6.77. The molecule has 2 unspecified atom stereocenters. The molecule has 2 heteroatoms. The molecule has 1 N–H and O–H groups in total. The zero-order valence-corrected chi connectivity index (χ0v) is 10.5. The van der Waals surface area contributed by atoms with Crippen LogP contribution in [0.1, 0.15) is 37.9 Å². The van der Waals surface area contributed by atoms with Crippen LogP contribution < -0.4 is 4.90 Å². The normalized spacial score (nSPS) is 29.4. The lowest BCUT2D eigenvalue weighted by molar-refractivity contribution is 0.199. The Kier molecular flexibility index (Phi) is 2.83. The van der Waals surface area contributed by atoms with Gasteiger partial charge in [-0.2, -0.15) is 0 Å². The first-order chi connectivity index (χ1) is 8.24. The van der Waals surface area contributed by atoms with Crippen LogP contribution in [0.3, 0.4) is 0 Å². The number of nitrogens with zero attached hydrogens (tertiary/aromatic N) is 1. The van der Waals surface area contributed by atoms with Crippen molar-refractivity contribution in [3.05, 3.63) is 29.8 Å². The van der Waals surface area contributed by atoms with E-state index in [1.807, 2.05) is 19.1 Å². The predicted molar refractivity (Wildman–Crippen MR) is 70.1 cm³/mol. The molecule has 1 saturated carbocycles. The van der Waals surface area contributed by atoms with E-state index in [4.69, 9.17) is 0 Å². The summed E-state index contributed by atoms with van der Waals surface area (Å²) in [7, 11) is 0. The number of benzene rings is 1. The van der Waals surface area contributed by atoms with Gasteiger partial charge >= 0.3 is 0 Å². The van der Waals surface area contributed by atoms with Crippen molar-refractivity contribution in [1.29, 1.82) is 0 Å². The van der Waals surface area contributed by atoms with Gasteiger partial charge in [0.2, 0.25) is 0 Å². The van der Waals surface area contributed by atoms with Crippen LogP contribution in [0.15, 0.2) is 24.3 Å². The summed E-state index contributed by atoms with van der Waals surface area (Å²) in [4.78, 5) is 2.51. The molecular formula is C15H21NO. The number of hydrogen-bond donors (Lipinski definition) is 1. The van der Waals surface area contributed by atoms with Crippen LogP contribution in [0.4, 0.5) is 5.69 Å². The van der Waals surface area contributed by atoms with Gasteiger partial charge in [0.15, 0.2) is 0 Å². The maximum absolute atomic E-state index is 9.50. The largest absolute Gasteiger partial charge is 0.389 e. The highest BCUT2D eigenvalue weighted by atomic mass is 16.3. The van der Waals surface area contributed by atoms with Crippen LogP contribution in [-0.4, -0.2) is 18.2 Å². The van der Waals surface area contributed by atoms with E-state index in [1.165, 1.54) is 38.0 Å².